The fourth-order valence-corrected chi connectivity index (χ4v) is 1.90. The Kier molecular flexibility index (Phi) is 3.08. The second-order valence-corrected chi connectivity index (χ2v) is 4.07. The molecular weight excluding hydrogens is 240 g/mol. The lowest BCUT2D eigenvalue weighted by Crippen LogP contribution is -1.91. The highest BCUT2D eigenvalue weighted by atomic mass is 16.5. The van der Waals surface area contributed by atoms with Crippen molar-refractivity contribution in [2.45, 2.75) is 6.61 Å². The molecule has 94 valence electrons. The van der Waals surface area contributed by atoms with Crippen LogP contribution in [-0.2, 0) is 6.61 Å². The Morgan fingerprint density at radius 3 is 2.84 bits per heavy atom. The molecule has 1 N–H and O–H groups in total. The van der Waals surface area contributed by atoms with Crippen LogP contribution >= 0.6 is 0 Å². The van der Waals surface area contributed by atoms with Gasteiger partial charge >= 0.3 is 0 Å². The summed E-state index contributed by atoms with van der Waals surface area (Å²) in [5.74, 6) is 1.39. The predicted molar refractivity (Wildman–Crippen MR) is 72.0 cm³/mol. The van der Waals surface area contributed by atoms with E-state index in [0.717, 1.165) is 16.7 Å². The number of benzene rings is 1. The number of rotatable bonds is 3. The summed E-state index contributed by atoms with van der Waals surface area (Å²) in [5.41, 5.74) is 1.47. The van der Waals surface area contributed by atoms with Gasteiger partial charge in [0, 0.05) is 23.8 Å². The van der Waals surface area contributed by atoms with Crippen LogP contribution in [0.2, 0.25) is 0 Å². The highest BCUT2D eigenvalue weighted by molar-refractivity contribution is 5.85. The first-order chi connectivity index (χ1) is 9.36. The lowest BCUT2D eigenvalue weighted by atomic mass is 10.2. The zero-order valence-electron chi connectivity index (χ0n) is 10.2. The second-order valence-electron chi connectivity index (χ2n) is 4.07. The van der Waals surface area contributed by atoms with E-state index >= 15 is 0 Å². The van der Waals surface area contributed by atoms with E-state index < -0.39 is 0 Å². The van der Waals surface area contributed by atoms with E-state index in [4.69, 9.17) is 9.84 Å². The molecule has 4 heteroatoms. The number of fused-ring (bicyclic) bond motifs is 1. The third-order valence-electron chi connectivity index (χ3n) is 2.78. The monoisotopic (exact) mass is 252 g/mol. The summed E-state index contributed by atoms with van der Waals surface area (Å²) in [6.45, 7) is -0.103. The van der Waals surface area contributed by atoms with Crippen LogP contribution in [0.5, 0.6) is 11.5 Å². The summed E-state index contributed by atoms with van der Waals surface area (Å²) < 4.78 is 5.84. The number of aliphatic hydroxyl groups is 1. The summed E-state index contributed by atoms with van der Waals surface area (Å²) in [4.78, 5) is 8.30. The maximum atomic E-state index is 9.07. The third kappa shape index (κ3) is 2.39. The van der Waals surface area contributed by atoms with E-state index in [1.807, 2.05) is 30.3 Å². The smallest absolute Gasteiger partial charge is 0.136 e. The molecule has 2 heterocycles. The Balaban J connectivity index is 2.01. The minimum Gasteiger partial charge on any atom is -0.457 e. The molecular formula is C15H12N2O2. The molecule has 0 unspecified atom stereocenters. The van der Waals surface area contributed by atoms with Crippen LogP contribution < -0.4 is 4.74 Å². The van der Waals surface area contributed by atoms with Crippen LogP contribution in [0.3, 0.4) is 0 Å². The topological polar surface area (TPSA) is 55.2 Å². The summed E-state index contributed by atoms with van der Waals surface area (Å²) in [6.07, 6.45) is 3.37. The fraction of sp³-hybridized carbons (Fsp3) is 0.0667. The second kappa shape index (κ2) is 5.04. The van der Waals surface area contributed by atoms with Gasteiger partial charge in [-0.1, -0.05) is 6.07 Å². The fourth-order valence-electron chi connectivity index (χ4n) is 1.90. The van der Waals surface area contributed by atoms with Crippen molar-refractivity contribution in [3.8, 4) is 11.5 Å². The average Bonchev–Trinajstić information content (AvgIpc) is 2.48. The number of aliphatic hydroxyl groups excluding tert-OH is 1. The van der Waals surface area contributed by atoms with Gasteiger partial charge in [0.1, 0.15) is 11.5 Å². The lowest BCUT2D eigenvalue weighted by molar-refractivity contribution is 0.276. The SMILES string of the molecule is OCc1cc(Oc2cccc3ncccc23)ccn1. The molecule has 0 fully saturated rings. The van der Waals surface area contributed by atoms with Crippen LogP contribution in [-0.4, -0.2) is 15.1 Å². The average molecular weight is 252 g/mol. The van der Waals surface area contributed by atoms with Crippen LogP contribution in [0.4, 0.5) is 0 Å². The number of pyridine rings is 2. The first-order valence-corrected chi connectivity index (χ1v) is 5.94. The molecule has 0 bridgehead atoms. The van der Waals surface area contributed by atoms with Gasteiger partial charge in [-0.15, -0.1) is 0 Å². The van der Waals surface area contributed by atoms with Crippen molar-refractivity contribution in [2.24, 2.45) is 0 Å². The quantitative estimate of drug-likeness (QED) is 0.778. The van der Waals surface area contributed by atoms with Gasteiger partial charge in [-0.2, -0.15) is 0 Å². The minimum absolute atomic E-state index is 0.103. The van der Waals surface area contributed by atoms with E-state index in [1.54, 1.807) is 24.5 Å². The van der Waals surface area contributed by atoms with Crippen LogP contribution in [0, 0.1) is 0 Å². The number of aromatic nitrogens is 2. The molecule has 0 saturated heterocycles. The number of ether oxygens (including phenoxy) is 1. The molecule has 0 amide bonds. The van der Waals surface area contributed by atoms with Crippen molar-refractivity contribution in [1.29, 1.82) is 0 Å². The Bertz CT molecular complexity index is 708. The molecule has 0 aliphatic carbocycles. The first-order valence-electron chi connectivity index (χ1n) is 5.94. The van der Waals surface area contributed by atoms with Crippen molar-refractivity contribution in [2.75, 3.05) is 0 Å². The maximum Gasteiger partial charge on any atom is 0.136 e. The van der Waals surface area contributed by atoms with Crippen LogP contribution in [0.1, 0.15) is 5.69 Å². The Morgan fingerprint density at radius 2 is 1.95 bits per heavy atom. The van der Waals surface area contributed by atoms with E-state index in [2.05, 4.69) is 9.97 Å². The molecule has 0 atom stereocenters. The zero-order chi connectivity index (χ0) is 13.1. The third-order valence-corrected chi connectivity index (χ3v) is 2.78. The van der Waals surface area contributed by atoms with E-state index in [0.29, 0.717) is 11.4 Å². The maximum absolute atomic E-state index is 9.07. The first kappa shape index (κ1) is 11.6. The van der Waals surface area contributed by atoms with Gasteiger partial charge < -0.3 is 9.84 Å². The standard InChI is InChI=1S/C15H12N2O2/c18-10-11-9-12(6-8-16-11)19-15-5-1-4-14-13(15)3-2-7-17-14/h1-9,18H,10H2. The van der Waals surface area contributed by atoms with Gasteiger partial charge in [-0.05, 0) is 30.3 Å². The van der Waals surface area contributed by atoms with Crippen molar-refractivity contribution < 1.29 is 9.84 Å². The van der Waals surface area contributed by atoms with Gasteiger partial charge in [0.15, 0.2) is 0 Å². The van der Waals surface area contributed by atoms with Crippen LogP contribution in [0.25, 0.3) is 10.9 Å². The summed E-state index contributed by atoms with van der Waals surface area (Å²) >= 11 is 0. The Morgan fingerprint density at radius 1 is 1.00 bits per heavy atom. The number of nitrogens with zero attached hydrogens (tertiary/aromatic N) is 2. The normalized spacial score (nSPS) is 10.6. The van der Waals surface area contributed by atoms with Crippen molar-refractivity contribution in [1.82, 2.24) is 9.97 Å². The van der Waals surface area contributed by atoms with Gasteiger partial charge in [0.25, 0.3) is 0 Å². The molecule has 0 spiro atoms. The van der Waals surface area contributed by atoms with E-state index in [1.165, 1.54) is 0 Å². The summed E-state index contributed by atoms with van der Waals surface area (Å²) in [6, 6.07) is 13.0. The molecule has 0 saturated carbocycles. The molecule has 1 aromatic carbocycles. The van der Waals surface area contributed by atoms with E-state index in [9.17, 15) is 0 Å². The lowest BCUT2D eigenvalue weighted by Gasteiger charge is -2.08. The molecule has 3 aromatic rings. The number of hydrogen-bond acceptors (Lipinski definition) is 4. The minimum atomic E-state index is -0.103. The summed E-state index contributed by atoms with van der Waals surface area (Å²) in [7, 11) is 0. The molecule has 2 aromatic heterocycles. The van der Waals surface area contributed by atoms with Gasteiger partial charge in [-0.25, -0.2) is 0 Å². The highest BCUT2D eigenvalue weighted by Crippen LogP contribution is 2.28. The Labute approximate surface area is 110 Å². The zero-order valence-corrected chi connectivity index (χ0v) is 10.2. The van der Waals surface area contributed by atoms with Gasteiger partial charge in [0.05, 0.1) is 17.8 Å². The van der Waals surface area contributed by atoms with Crippen molar-refractivity contribution in [3.05, 3.63) is 60.6 Å². The summed E-state index contributed by atoms with van der Waals surface area (Å²) in [5, 5.41) is 10.0. The molecule has 4 nitrogen and oxygen atoms in total. The molecule has 19 heavy (non-hydrogen) atoms. The largest absolute Gasteiger partial charge is 0.457 e. The van der Waals surface area contributed by atoms with Crippen LogP contribution in [0.15, 0.2) is 54.9 Å². The van der Waals surface area contributed by atoms with Crippen molar-refractivity contribution >= 4 is 10.9 Å². The van der Waals surface area contributed by atoms with Gasteiger partial charge in [0.2, 0.25) is 0 Å². The molecule has 3 rings (SSSR count). The molecule has 0 aliphatic rings. The number of hydrogen-bond donors (Lipinski definition) is 1. The molecule has 0 radical (unpaired) electrons. The highest BCUT2D eigenvalue weighted by Gasteiger charge is 2.04. The molecule has 0 aliphatic heterocycles. The Hall–Kier alpha value is -2.46. The van der Waals surface area contributed by atoms with E-state index in [-0.39, 0.29) is 6.61 Å². The van der Waals surface area contributed by atoms with Gasteiger partial charge in [-0.3, -0.25) is 9.97 Å². The van der Waals surface area contributed by atoms with Crippen molar-refractivity contribution in [3.63, 3.8) is 0 Å². The predicted octanol–water partition coefficient (Wildman–Crippen LogP) is 2.91.